The van der Waals surface area contributed by atoms with E-state index in [0.29, 0.717) is 23.4 Å². The highest BCUT2D eigenvalue weighted by atomic mass is 16.3. The molecule has 13 rings (SSSR count). The van der Waals surface area contributed by atoms with Gasteiger partial charge in [-0.3, -0.25) is 0 Å². The molecule has 0 saturated carbocycles. The van der Waals surface area contributed by atoms with E-state index in [1.54, 1.807) is 0 Å². The van der Waals surface area contributed by atoms with Gasteiger partial charge in [0.1, 0.15) is 16.7 Å². The SMILES string of the molecule is c1ccc(-c2nc(-c3cccc(-c4cccc(-n5c6c7ccccc7ccc6c6ccc7nc(-c8ccccc8)oc7c65)c4)c3)nc(-c3ccc4c(c3)oc3ccccc34)n2)cc1. The second kappa shape index (κ2) is 13.9. The van der Waals surface area contributed by atoms with Crippen LogP contribution in [0.4, 0.5) is 0 Å². The predicted molar refractivity (Wildman–Crippen MR) is 254 cm³/mol. The molecule has 0 aliphatic heterocycles. The molecule has 0 bridgehead atoms. The van der Waals surface area contributed by atoms with Crippen molar-refractivity contribution in [3.63, 3.8) is 0 Å². The van der Waals surface area contributed by atoms with Crippen molar-refractivity contribution in [2.24, 2.45) is 0 Å². The number of benzene rings is 9. The summed E-state index contributed by atoms with van der Waals surface area (Å²) in [5.74, 6) is 2.34. The number of rotatable bonds is 6. The Morgan fingerprint density at radius 3 is 1.75 bits per heavy atom. The summed E-state index contributed by atoms with van der Waals surface area (Å²) in [6.07, 6.45) is 0. The molecule has 7 heteroatoms. The van der Waals surface area contributed by atoms with Gasteiger partial charge in [0.15, 0.2) is 23.1 Å². The molecule has 0 aliphatic rings. The number of aromatic nitrogens is 5. The Labute approximate surface area is 360 Å². The molecule has 4 aromatic heterocycles. The lowest BCUT2D eigenvalue weighted by Crippen LogP contribution is -2.00. The highest BCUT2D eigenvalue weighted by Crippen LogP contribution is 2.42. The van der Waals surface area contributed by atoms with Gasteiger partial charge >= 0.3 is 0 Å². The van der Waals surface area contributed by atoms with Gasteiger partial charge in [-0.15, -0.1) is 0 Å². The van der Waals surface area contributed by atoms with Crippen LogP contribution < -0.4 is 0 Å². The number of hydrogen-bond donors (Lipinski definition) is 0. The fraction of sp³-hybridized carbons (Fsp3) is 0. The lowest BCUT2D eigenvalue weighted by Gasteiger charge is -2.13. The molecule has 294 valence electrons. The van der Waals surface area contributed by atoms with E-state index in [9.17, 15) is 0 Å². The van der Waals surface area contributed by atoms with Crippen LogP contribution in [0.3, 0.4) is 0 Å². The van der Waals surface area contributed by atoms with E-state index in [1.165, 1.54) is 5.39 Å². The highest BCUT2D eigenvalue weighted by molar-refractivity contribution is 6.22. The zero-order valence-corrected chi connectivity index (χ0v) is 33.6. The lowest BCUT2D eigenvalue weighted by atomic mass is 10.0. The van der Waals surface area contributed by atoms with Crippen LogP contribution in [0, 0.1) is 0 Å². The van der Waals surface area contributed by atoms with Crippen molar-refractivity contribution in [3.8, 4) is 62.4 Å². The van der Waals surface area contributed by atoms with E-state index < -0.39 is 0 Å². The molecule has 4 heterocycles. The Balaban J connectivity index is 0.973. The first-order valence-electron chi connectivity index (χ1n) is 21.0. The van der Waals surface area contributed by atoms with Gasteiger partial charge < -0.3 is 13.4 Å². The molecule has 0 radical (unpaired) electrons. The summed E-state index contributed by atoms with van der Waals surface area (Å²) >= 11 is 0. The third-order valence-electron chi connectivity index (χ3n) is 12.1. The van der Waals surface area contributed by atoms with E-state index in [2.05, 4.69) is 120 Å². The zero-order chi connectivity index (χ0) is 41.4. The Hall–Kier alpha value is -8.68. The maximum atomic E-state index is 6.71. The molecule has 0 amide bonds. The van der Waals surface area contributed by atoms with E-state index in [4.69, 9.17) is 28.8 Å². The largest absolute Gasteiger partial charge is 0.456 e. The van der Waals surface area contributed by atoms with Crippen molar-refractivity contribution in [2.45, 2.75) is 0 Å². The maximum Gasteiger partial charge on any atom is 0.227 e. The minimum absolute atomic E-state index is 0.571. The van der Waals surface area contributed by atoms with Crippen LogP contribution in [0.1, 0.15) is 0 Å². The number of nitrogens with zero attached hydrogens (tertiary/aromatic N) is 5. The number of hydrogen-bond acceptors (Lipinski definition) is 6. The normalized spacial score (nSPS) is 11.8. The average Bonchev–Trinajstić information content (AvgIpc) is 4.06. The van der Waals surface area contributed by atoms with Crippen LogP contribution in [0.15, 0.2) is 209 Å². The second-order valence-corrected chi connectivity index (χ2v) is 15.8. The number of fused-ring (bicyclic) bond motifs is 10. The van der Waals surface area contributed by atoms with Crippen LogP contribution in [-0.4, -0.2) is 24.5 Å². The van der Waals surface area contributed by atoms with Crippen LogP contribution in [0.2, 0.25) is 0 Å². The Bertz CT molecular complexity index is 3920. The number of oxazole rings is 1. The van der Waals surface area contributed by atoms with Gasteiger partial charge in [0.2, 0.25) is 5.89 Å². The average molecular weight is 808 g/mol. The van der Waals surface area contributed by atoms with Gasteiger partial charge in [-0.05, 0) is 77.2 Å². The summed E-state index contributed by atoms with van der Waals surface area (Å²) < 4.78 is 15.3. The molecular formula is C56H33N5O2. The molecular weight excluding hydrogens is 775 g/mol. The van der Waals surface area contributed by atoms with Crippen molar-refractivity contribution in [3.05, 3.63) is 200 Å². The van der Waals surface area contributed by atoms with Crippen molar-refractivity contribution in [2.75, 3.05) is 0 Å². The third kappa shape index (κ3) is 5.75. The molecule has 0 N–H and O–H groups in total. The van der Waals surface area contributed by atoms with Crippen LogP contribution >= 0.6 is 0 Å². The van der Waals surface area contributed by atoms with E-state index in [0.717, 1.165) is 99.3 Å². The molecule has 0 fully saturated rings. The fourth-order valence-corrected chi connectivity index (χ4v) is 9.08. The standard InChI is InChI=1S/C56H33N5O2/c1-3-14-35(15-4-1)53-58-54(60-55(59-53)40-26-27-44-43-23-9-10-24-48(43)62-49(44)33-40)39-20-11-18-37(31-39)38-19-12-21-41(32-38)61-50-42-22-8-7-13-34(42)25-28-45(50)46-29-30-47-52(51(46)61)63-56(57-47)36-16-5-2-6-17-36/h1-33H. The molecule has 0 aliphatic carbocycles. The van der Waals surface area contributed by atoms with Gasteiger partial charge in [0, 0.05) is 54.9 Å². The van der Waals surface area contributed by atoms with Crippen molar-refractivity contribution in [1.82, 2.24) is 24.5 Å². The summed E-state index contributed by atoms with van der Waals surface area (Å²) in [7, 11) is 0. The van der Waals surface area contributed by atoms with E-state index in [1.807, 2.05) is 84.9 Å². The lowest BCUT2D eigenvalue weighted by molar-refractivity contribution is 0.622. The molecule has 63 heavy (non-hydrogen) atoms. The van der Waals surface area contributed by atoms with Crippen LogP contribution in [0.25, 0.3) is 128 Å². The fourth-order valence-electron chi connectivity index (χ4n) is 9.08. The first-order chi connectivity index (χ1) is 31.2. The van der Waals surface area contributed by atoms with Gasteiger partial charge in [0.25, 0.3) is 0 Å². The third-order valence-corrected chi connectivity index (χ3v) is 12.1. The minimum atomic E-state index is 0.571. The predicted octanol–water partition coefficient (Wildman–Crippen LogP) is 14.5. The molecule has 7 nitrogen and oxygen atoms in total. The Kier molecular flexibility index (Phi) is 7.77. The van der Waals surface area contributed by atoms with E-state index >= 15 is 0 Å². The summed E-state index contributed by atoms with van der Waals surface area (Å²) in [6.45, 7) is 0. The summed E-state index contributed by atoms with van der Waals surface area (Å²) in [5, 5.41) is 6.71. The van der Waals surface area contributed by atoms with Crippen LogP contribution in [-0.2, 0) is 0 Å². The monoisotopic (exact) mass is 807 g/mol. The van der Waals surface area contributed by atoms with Gasteiger partial charge in [-0.2, -0.15) is 0 Å². The highest BCUT2D eigenvalue weighted by Gasteiger charge is 2.22. The minimum Gasteiger partial charge on any atom is -0.456 e. The summed E-state index contributed by atoms with van der Waals surface area (Å²) in [5.41, 5.74) is 11.9. The Morgan fingerprint density at radius 2 is 0.921 bits per heavy atom. The van der Waals surface area contributed by atoms with Gasteiger partial charge in [-0.25, -0.2) is 19.9 Å². The molecule has 13 aromatic rings. The van der Waals surface area contributed by atoms with Crippen molar-refractivity contribution < 1.29 is 8.83 Å². The van der Waals surface area contributed by atoms with Gasteiger partial charge in [-0.1, -0.05) is 140 Å². The summed E-state index contributed by atoms with van der Waals surface area (Å²) in [4.78, 5) is 20.2. The van der Waals surface area contributed by atoms with Gasteiger partial charge in [0.05, 0.1) is 11.0 Å². The molecule has 0 atom stereocenters. The van der Waals surface area contributed by atoms with E-state index in [-0.39, 0.29) is 0 Å². The number of furan rings is 1. The topological polar surface area (TPSA) is 82.8 Å². The number of para-hydroxylation sites is 1. The first-order valence-corrected chi connectivity index (χ1v) is 21.0. The molecule has 9 aromatic carbocycles. The quantitative estimate of drug-likeness (QED) is 0.166. The second-order valence-electron chi connectivity index (χ2n) is 15.8. The first kappa shape index (κ1) is 35.1. The molecule has 0 saturated heterocycles. The Morgan fingerprint density at radius 1 is 0.333 bits per heavy atom. The maximum absolute atomic E-state index is 6.71. The van der Waals surface area contributed by atoms with Crippen LogP contribution in [0.5, 0.6) is 0 Å². The molecule has 0 spiro atoms. The van der Waals surface area contributed by atoms with Crippen molar-refractivity contribution >= 4 is 65.6 Å². The zero-order valence-electron chi connectivity index (χ0n) is 33.6. The summed E-state index contributed by atoms with van der Waals surface area (Å²) in [6, 6.07) is 68.8. The van der Waals surface area contributed by atoms with Crippen molar-refractivity contribution in [1.29, 1.82) is 0 Å². The smallest absolute Gasteiger partial charge is 0.227 e. The molecule has 0 unspecified atom stereocenters.